The van der Waals surface area contributed by atoms with Gasteiger partial charge in [0, 0.05) is 19.0 Å². The van der Waals surface area contributed by atoms with E-state index in [4.69, 9.17) is 0 Å². The number of carbonyl (C=O) groups excluding carboxylic acids is 1. The second-order valence-corrected chi connectivity index (χ2v) is 5.42. The van der Waals surface area contributed by atoms with Crippen molar-refractivity contribution in [1.82, 2.24) is 4.90 Å². The van der Waals surface area contributed by atoms with E-state index in [0.717, 1.165) is 4.90 Å². The molecule has 0 aromatic carbocycles. The van der Waals surface area contributed by atoms with Gasteiger partial charge in [-0.15, -0.1) is 0 Å². The fourth-order valence-corrected chi connectivity index (χ4v) is 3.00. The summed E-state index contributed by atoms with van der Waals surface area (Å²) in [6.45, 7) is -0.165. The first-order valence-corrected chi connectivity index (χ1v) is 6.52. The quantitative estimate of drug-likeness (QED) is 0.751. The van der Waals surface area contributed by atoms with E-state index in [-0.39, 0.29) is 25.9 Å². The van der Waals surface area contributed by atoms with Gasteiger partial charge in [-0.2, -0.15) is 13.2 Å². The van der Waals surface area contributed by atoms with Crippen molar-refractivity contribution in [3.05, 3.63) is 0 Å². The van der Waals surface area contributed by atoms with Crippen LogP contribution in [-0.4, -0.2) is 52.5 Å². The maximum Gasteiger partial charge on any atom is 0.392 e. The molecular formula is C12H18F3NO3. The van der Waals surface area contributed by atoms with Crippen molar-refractivity contribution in [3.63, 3.8) is 0 Å². The van der Waals surface area contributed by atoms with E-state index < -0.39 is 36.1 Å². The van der Waals surface area contributed by atoms with E-state index in [2.05, 4.69) is 0 Å². The van der Waals surface area contributed by atoms with E-state index in [9.17, 15) is 28.2 Å². The second-order valence-electron chi connectivity index (χ2n) is 5.42. The number of carbonyl (C=O) groups is 1. The van der Waals surface area contributed by atoms with Crippen molar-refractivity contribution in [2.75, 3.05) is 13.1 Å². The Morgan fingerprint density at radius 3 is 2.11 bits per heavy atom. The third-order valence-electron chi connectivity index (χ3n) is 4.07. The minimum absolute atomic E-state index is 0.0150. The van der Waals surface area contributed by atoms with Gasteiger partial charge in [0.2, 0.25) is 5.91 Å². The smallest absolute Gasteiger partial charge is 0.388 e. The van der Waals surface area contributed by atoms with E-state index in [1.807, 2.05) is 0 Å². The Morgan fingerprint density at radius 2 is 1.58 bits per heavy atom. The molecule has 4 nitrogen and oxygen atoms in total. The van der Waals surface area contributed by atoms with Crippen LogP contribution in [0.15, 0.2) is 0 Å². The van der Waals surface area contributed by atoms with Crippen LogP contribution in [0, 0.1) is 11.8 Å². The van der Waals surface area contributed by atoms with Crippen molar-refractivity contribution >= 4 is 5.91 Å². The Morgan fingerprint density at radius 1 is 1.05 bits per heavy atom. The zero-order chi connectivity index (χ0) is 14.2. The van der Waals surface area contributed by atoms with Crippen molar-refractivity contribution in [1.29, 1.82) is 0 Å². The molecule has 110 valence electrons. The molecule has 1 saturated heterocycles. The fraction of sp³-hybridized carbons (Fsp3) is 0.917. The lowest BCUT2D eigenvalue weighted by Gasteiger charge is -2.34. The van der Waals surface area contributed by atoms with Crippen LogP contribution in [0.1, 0.15) is 25.7 Å². The number of halogens is 3. The first-order valence-electron chi connectivity index (χ1n) is 6.52. The summed E-state index contributed by atoms with van der Waals surface area (Å²) >= 11 is 0. The van der Waals surface area contributed by atoms with Crippen LogP contribution in [0.25, 0.3) is 0 Å². The Hall–Kier alpha value is -0.820. The van der Waals surface area contributed by atoms with Crippen molar-refractivity contribution in [2.24, 2.45) is 11.8 Å². The predicted molar refractivity (Wildman–Crippen MR) is 60.1 cm³/mol. The van der Waals surface area contributed by atoms with E-state index >= 15 is 0 Å². The van der Waals surface area contributed by atoms with Gasteiger partial charge in [-0.1, -0.05) is 12.8 Å². The highest BCUT2D eigenvalue weighted by Crippen LogP contribution is 2.42. The normalized spacial score (nSPS) is 36.6. The number of aliphatic hydroxyl groups is 2. The van der Waals surface area contributed by atoms with Crippen molar-refractivity contribution in [2.45, 2.75) is 44.1 Å². The van der Waals surface area contributed by atoms with Gasteiger partial charge in [0.25, 0.3) is 0 Å². The molecule has 19 heavy (non-hydrogen) atoms. The standard InChI is InChI=1S/C12H18F3NO3/c13-12(14,15)8-4-2-1-3-7(8)11(19)16-5-9(17)10(18)6-16/h7-10,17-18H,1-6H2. The molecule has 2 fully saturated rings. The third-order valence-corrected chi connectivity index (χ3v) is 4.07. The Bertz CT molecular complexity index is 338. The van der Waals surface area contributed by atoms with Gasteiger partial charge in [0.1, 0.15) is 0 Å². The number of alkyl halides is 3. The molecule has 0 spiro atoms. The van der Waals surface area contributed by atoms with Gasteiger partial charge in [-0.3, -0.25) is 4.79 Å². The number of likely N-dealkylation sites (tertiary alicyclic amines) is 1. The molecule has 4 unspecified atom stereocenters. The van der Waals surface area contributed by atoms with Crippen LogP contribution in [0.5, 0.6) is 0 Å². The van der Waals surface area contributed by atoms with E-state index in [1.165, 1.54) is 0 Å². The van der Waals surface area contributed by atoms with Gasteiger partial charge in [-0.25, -0.2) is 0 Å². The average molecular weight is 281 g/mol. The maximum atomic E-state index is 12.9. The van der Waals surface area contributed by atoms with E-state index in [0.29, 0.717) is 12.8 Å². The molecule has 7 heteroatoms. The minimum atomic E-state index is -4.36. The molecule has 0 bridgehead atoms. The minimum Gasteiger partial charge on any atom is -0.388 e. The molecule has 2 N–H and O–H groups in total. The van der Waals surface area contributed by atoms with Crippen LogP contribution >= 0.6 is 0 Å². The largest absolute Gasteiger partial charge is 0.392 e. The summed E-state index contributed by atoms with van der Waals surface area (Å²) in [5, 5.41) is 18.8. The summed E-state index contributed by atoms with van der Waals surface area (Å²) in [6.07, 6.45) is -5.17. The lowest BCUT2D eigenvalue weighted by Crippen LogP contribution is -2.44. The fourth-order valence-electron chi connectivity index (χ4n) is 3.00. The predicted octanol–water partition coefficient (Wildman–Crippen LogP) is 0.919. The summed E-state index contributed by atoms with van der Waals surface area (Å²) in [7, 11) is 0. The van der Waals surface area contributed by atoms with Crippen LogP contribution < -0.4 is 0 Å². The van der Waals surface area contributed by atoms with Crippen LogP contribution in [0.4, 0.5) is 13.2 Å². The summed E-state index contributed by atoms with van der Waals surface area (Å²) in [6, 6.07) is 0. The van der Waals surface area contributed by atoms with Crippen LogP contribution in [0.3, 0.4) is 0 Å². The molecule has 1 amide bonds. The third kappa shape index (κ3) is 3.02. The van der Waals surface area contributed by atoms with Crippen molar-refractivity contribution < 1.29 is 28.2 Å². The highest BCUT2D eigenvalue weighted by molar-refractivity contribution is 5.79. The SMILES string of the molecule is O=C(C1CCCCC1C(F)(F)F)N1CC(O)C(O)C1. The molecular weight excluding hydrogens is 263 g/mol. The van der Waals surface area contributed by atoms with Crippen LogP contribution in [-0.2, 0) is 4.79 Å². The number of hydrogen-bond acceptors (Lipinski definition) is 3. The number of rotatable bonds is 1. The monoisotopic (exact) mass is 281 g/mol. The molecule has 0 radical (unpaired) electrons. The number of nitrogens with zero attached hydrogens (tertiary/aromatic N) is 1. The maximum absolute atomic E-state index is 12.9. The molecule has 1 heterocycles. The highest BCUT2D eigenvalue weighted by Gasteiger charge is 2.49. The summed E-state index contributed by atoms with van der Waals surface area (Å²) < 4.78 is 38.8. The molecule has 1 saturated carbocycles. The molecule has 4 atom stereocenters. The Kier molecular flexibility index (Phi) is 4.06. The zero-order valence-corrected chi connectivity index (χ0v) is 10.4. The lowest BCUT2D eigenvalue weighted by atomic mass is 9.78. The van der Waals surface area contributed by atoms with Crippen molar-refractivity contribution in [3.8, 4) is 0 Å². The number of aliphatic hydroxyl groups excluding tert-OH is 2. The molecule has 0 aromatic heterocycles. The van der Waals surface area contributed by atoms with Gasteiger partial charge in [0.05, 0.1) is 18.1 Å². The average Bonchev–Trinajstić information content (AvgIpc) is 2.68. The molecule has 0 aromatic rings. The summed E-state index contributed by atoms with van der Waals surface area (Å²) in [4.78, 5) is 13.3. The lowest BCUT2D eigenvalue weighted by molar-refractivity contribution is -0.200. The molecule has 2 rings (SSSR count). The first kappa shape index (κ1) is 14.6. The second kappa shape index (κ2) is 5.28. The number of hydrogen-bond donors (Lipinski definition) is 2. The topological polar surface area (TPSA) is 60.8 Å². The molecule has 1 aliphatic carbocycles. The summed E-state index contributed by atoms with van der Waals surface area (Å²) in [5.41, 5.74) is 0. The zero-order valence-electron chi connectivity index (χ0n) is 10.4. The van der Waals surface area contributed by atoms with Gasteiger partial charge < -0.3 is 15.1 Å². The van der Waals surface area contributed by atoms with Gasteiger partial charge >= 0.3 is 6.18 Å². The molecule has 2 aliphatic rings. The Labute approximate surface area is 109 Å². The van der Waals surface area contributed by atoms with Gasteiger partial charge in [0.15, 0.2) is 0 Å². The Balaban J connectivity index is 2.08. The van der Waals surface area contributed by atoms with Crippen LogP contribution in [0.2, 0.25) is 0 Å². The number of β-amino-alcohol motifs (C(OH)–C–C–N with tert-alkyl or cyclic N) is 2. The molecule has 1 aliphatic heterocycles. The summed E-state index contributed by atoms with van der Waals surface area (Å²) in [5.74, 6) is -3.24. The van der Waals surface area contributed by atoms with E-state index in [1.54, 1.807) is 0 Å². The number of amides is 1. The first-order chi connectivity index (χ1) is 8.80. The highest BCUT2D eigenvalue weighted by atomic mass is 19.4. The van der Waals surface area contributed by atoms with Gasteiger partial charge in [-0.05, 0) is 12.8 Å².